The zero-order valence-electron chi connectivity index (χ0n) is 12.8. The summed E-state index contributed by atoms with van der Waals surface area (Å²) in [5.41, 5.74) is 8.07. The number of fused-ring (bicyclic) bond motifs is 1. The summed E-state index contributed by atoms with van der Waals surface area (Å²) >= 11 is 0. The third-order valence-corrected chi connectivity index (χ3v) is 4.53. The number of pyridine rings is 1. The number of imidazole rings is 1. The molecule has 0 amide bonds. The molecule has 120 valence electrons. The minimum atomic E-state index is -1.22. The Morgan fingerprint density at radius 2 is 2.13 bits per heavy atom. The van der Waals surface area contributed by atoms with Gasteiger partial charge in [0.2, 0.25) is 0 Å². The van der Waals surface area contributed by atoms with Gasteiger partial charge in [0.25, 0.3) is 0 Å². The largest absolute Gasteiger partial charge is 0.494 e. The van der Waals surface area contributed by atoms with E-state index in [0.717, 1.165) is 22.5 Å². The summed E-state index contributed by atoms with van der Waals surface area (Å²) in [5, 5.41) is 0.470. The number of rotatable bonds is 6. The highest BCUT2D eigenvalue weighted by atomic mass is 32.2. The summed E-state index contributed by atoms with van der Waals surface area (Å²) in [5.74, 6) is 1.68. The number of nitrogens with one attached hydrogen (secondary N) is 1. The zero-order chi connectivity index (χ0) is 16.2. The Morgan fingerprint density at radius 3 is 2.91 bits per heavy atom. The molecule has 2 heterocycles. The molecule has 1 atom stereocenters. The van der Waals surface area contributed by atoms with Gasteiger partial charge in [0.1, 0.15) is 11.6 Å². The van der Waals surface area contributed by atoms with E-state index in [0.29, 0.717) is 29.8 Å². The van der Waals surface area contributed by atoms with Crippen LogP contribution in [-0.4, -0.2) is 31.5 Å². The Balaban J connectivity index is 1.73. The number of H-pyrrole nitrogens is 1. The lowest BCUT2D eigenvalue weighted by molar-refractivity contribution is 0.340. The monoisotopic (exact) mass is 330 g/mol. The zero-order valence-corrected chi connectivity index (χ0v) is 13.6. The van der Waals surface area contributed by atoms with Crippen molar-refractivity contribution in [3.05, 3.63) is 42.1 Å². The number of aryl methyl sites for hydroxylation is 1. The van der Waals surface area contributed by atoms with Gasteiger partial charge in [-0.05, 0) is 31.2 Å². The van der Waals surface area contributed by atoms with Crippen LogP contribution in [0.2, 0.25) is 0 Å². The Kier molecular flexibility index (Phi) is 4.57. The maximum atomic E-state index is 12.4. The minimum absolute atomic E-state index is 0.439. The lowest BCUT2D eigenvalue weighted by atomic mass is 10.3. The van der Waals surface area contributed by atoms with Crippen molar-refractivity contribution >= 4 is 27.7 Å². The Hall–Kier alpha value is -2.41. The van der Waals surface area contributed by atoms with Crippen molar-refractivity contribution in [1.29, 1.82) is 0 Å². The van der Waals surface area contributed by atoms with E-state index in [-0.39, 0.29) is 0 Å². The summed E-state index contributed by atoms with van der Waals surface area (Å²) in [6.07, 6.45) is 0.582. The van der Waals surface area contributed by atoms with Crippen LogP contribution in [-0.2, 0) is 17.2 Å². The molecule has 23 heavy (non-hydrogen) atoms. The first kappa shape index (κ1) is 15.5. The van der Waals surface area contributed by atoms with E-state index < -0.39 is 10.8 Å². The number of nitrogens with two attached hydrogens (primary N) is 1. The summed E-state index contributed by atoms with van der Waals surface area (Å²) in [6.45, 7) is 2.54. The van der Waals surface area contributed by atoms with Gasteiger partial charge in [-0.15, -0.1) is 0 Å². The first-order valence-electron chi connectivity index (χ1n) is 7.38. The van der Waals surface area contributed by atoms with Gasteiger partial charge in [0.15, 0.2) is 5.16 Å². The molecule has 0 bridgehead atoms. The van der Waals surface area contributed by atoms with Crippen LogP contribution < -0.4 is 10.5 Å². The fraction of sp³-hybridized carbons (Fsp3) is 0.250. The van der Waals surface area contributed by atoms with Crippen molar-refractivity contribution in [1.82, 2.24) is 15.0 Å². The van der Waals surface area contributed by atoms with E-state index in [1.807, 2.05) is 37.3 Å². The topological polar surface area (TPSA) is 93.9 Å². The lowest BCUT2D eigenvalue weighted by Gasteiger charge is -2.01. The van der Waals surface area contributed by atoms with E-state index >= 15 is 0 Å². The van der Waals surface area contributed by atoms with Crippen molar-refractivity contribution in [2.24, 2.45) is 0 Å². The van der Waals surface area contributed by atoms with Crippen LogP contribution in [0.1, 0.15) is 12.6 Å². The first-order chi connectivity index (χ1) is 11.2. The molecule has 3 aromatic rings. The maximum absolute atomic E-state index is 12.4. The summed E-state index contributed by atoms with van der Waals surface area (Å²) in [6, 6.07) is 11.0. The fourth-order valence-corrected chi connectivity index (χ4v) is 3.27. The number of anilines is 1. The van der Waals surface area contributed by atoms with Gasteiger partial charge >= 0.3 is 0 Å². The average molecular weight is 330 g/mol. The predicted octanol–water partition coefficient (Wildman–Crippen LogP) is 2.29. The van der Waals surface area contributed by atoms with Gasteiger partial charge in [-0.2, -0.15) is 0 Å². The molecule has 0 aliphatic carbocycles. The first-order valence-corrected chi connectivity index (χ1v) is 8.70. The molecule has 0 aliphatic heterocycles. The van der Waals surface area contributed by atoms with Crippen LogP contribution in [0.15, 0.2) is 41.6 Å². The second-order valence-corrected chi connectivity index (χ2v) is 6.49. The highest BCUT2D eigenvalue weighted by Crippen LogP contribution is 2.20. The summed E-state index contributed by atoms with van der Waals surface area (Å²) in [4.78, 5) is 11.7. The summed E-state index contributed by atoms with van der Waals surface area (Å²) < 4.78 is 17.9. The normalized spacial score (nSPS) is 12.4. The number of aromatic nitrogens is 3. The quantitative estimate of drug-likeness (QED) is 0.723. The fourth-order valence-electron chi connectivity index (χ4n) is 2.26. The number of benzene rings is 1. The standard InChI is InChI=1S/C16H18N4O2S/c1-2-22-12-6-7-13-14(10-12)20-16(19-13)23(21)9-8-11-4-3-5-15(17)18-11/h3-7,10H,2,8-9H2,1H3,(H2,17,18)(H,19,20). The summed E-state index contributed by atoms with van der Waals surface area (Å²) in [7, 11) is -1.22. The lowest BCUT2D eigenvalue weighted by Crippen LogP contribution is -2.05. The molecule has 3 N–H and O–H groups in total. The van der Waals surface area contributed by atoms with Gasteiger partial charge in [0.05, 0.1) is 28.4 Å². The minimum Gasteiger partial charge on any atom is -0.494 e. The number of ether oxygens (including phenoxy) is 1. The number of aromatic amines is 1. The molecule has 2 aromatic heterocycles. The van der Waals surface area contributed by atoms with E-state index in [1.54, 1.807) is 6.07 Å². The van der Waals surface area contributed by atoms with Crippen molar-refractivity contribution in [3.8, 4) is 5.75 Å². The Morgan fingerprint density at radius 1 is 1.26 bits per heavy atom. The molecule has 0 aliphatic rings. The molecule has 1 aromatic carbocycles. The van der Waals surface area contributed by atoms with Crippen LogP contribution in [0.5, 0.6) is 5.75 Å². The third-order valence-electron chi connectivity index (χ3n) is 3.33. The maximum Gasteiger partial charge on any atom is 0.197 e. The van der Waals surface area contributed by atoms with E-state index in [2.05, 4.69) is 15.0 Å². The van der Waals surface area contributed by atoms with Gasteiger partial charge in [-0.3, -0.25) is 4.21 Å². The van der Waals surface area contributed by atoms with Crippen molar-refractivity contribution in [2.45, 2.75) is 18.5 Å². The van der Waals surface area contributed by atoms with Gasteiger partial charge in [0, 0.05) is 23.9 Å². The Labute approximate surface area is 136 Å². The smallest absolute Gasteiger partial charge is 0.197 e. The molecule has 0 radical (unpaired) electrons. The van der Waals surface area contributed by atoms with Gasteiger partial charge < -0.3 is 15.5 Å². The van der Waals surface area contributed by atoms with Gasteiger partial charge in [-0.1, -0.05) is 6.07 Å². The molecular weight excluding hydrogens is 312 g/mol. The Bertz CT molecular complexity index is 847. The van der Waals surface area contributed by atoms with Crippen LogP contribution in [0, 0.1) is 0 Å². The third kappa shape index (κ3) is 3.68. The van der Waals surface area contributed by atoms with Gasteiger partial charge in [-0.25, -0.2) is 9.97 Å². The van der Waals surface area contributed by atoms with Crippen LogP contribution in [0.4, 0.5) is 5.82 Å². The van der Waals surface area contributed by atoms with Crippen LogP contribution >= 0.6 is 0 Å². The predicted molar refractivity (Wildman–Crippen MR) is 90.9 cm³/mol. The second-order valence-electron chi connectivity index (χ2n) is 5.01. The highest BCUT2D eigenvalue weighted by molar-refractivity contribution is 7.84. The number of nitrogens with zero attached hydrogens (tertiary/aromatic N) is 2. The average Bonchev–Trinajstić information content (AvgIpc) is 2.96. The molecule has 3 rings (SSSR count). The number of hydrogen-bond donors (Lipinski definition) is 2. The van der Waals surface area contributed by atoms with Crippen molar-refractivity contribution in [3.63, 3.8) is 0 Å². The molecule has 7 heteroatoms. The van der Waals surface area contributed by atoms with Crippen LogP contribution in [0.25, 0.3) is 11.0 Å². The molecule has 0 saturated carbocycles. The highest BCUT2D eigenvalue weighted by Gasteiger charge is 2.11. The van der Waals surface area contributed by atoms with Crippen molar-refractivity contribution in [2.75, 3.05) is 18.1 Å². The molecular formula is C16H18N4O2S. The van der Waals surface area contributed by atoms with E-state index in [4.69, 9.17) is 10.5 Å². The van der Waals surface area contributed by atoms with Crippen molar-refractivity contribution < 1.29 is 8.95 Å². The molecule has 0 fully saturated rings. The van der Waals surface area contributed by atoms with E-state index in [9.17, 15) is 4.21 Å². The number of hydrogen-bond acceptors (Lipinski definition) is 5. The molecule has 0 spiro atoms. The molecule has 6 nitrogen and oxygen atoms in total. The van der Waals surface area contributed by atoms with Crippen LogP contribution in [0.3, 0.4) is 0 Å². The van der Waals surface area contributed by atoms with E-state index in [1.165, 1.54) is 0 Å². The molecule has 0 saturated heterocycles. The number of nitrogen functional groups attached to an aromatic ring is 1. The SMILES string of the molecule is CCOc1ccc2nc(S(=O)CCc3cccc(N)n3)[nH]c2c1. The second kappa shape index (κ2) is 6.78. The molecule has 1 unspecified atom stereocenters.